The molecule has 0 unspecified atom stereocenters. The monoisotopic (exact) mass is 610 g/mol. The molecule has 4 fully saturated rings. The molecule has 1 aromatic rings. The van der Waals surface area contributed by atoms with Gasteiger partial charge in [-0.15, -0.1) is 0 Å². The normalized spacial score (nSPS) is 41.2. The third kappa shape index (κ3) is 5.29. The van der Waals surface area contributed by atoms with Crippen LogP contribution in [0.5, 0.6) is 0 Å². The maximum Gasteiger partial charge on any atom is 0.338 e. The molecule has 0 spiro atoms. The van der Waals surface area contributed by atoms with Crippen LogP contribution in [0.3, 0.4) is 0 Å². The van der Waals surface area contributed by atoms with E-state index in [9.17, 15) is 15.0 Å². The van der Waals surface area contributed by atoms with Gasteiger partial charge in [-0.3, -0.25) is 0 Å². The van der Waals surface area contributed by atoms with Crippen molar-refractivity contribution in [2.45, 2.75) is 150 Å². The minimum Gasteiger partial charge on any atom is -0.458 e. The number of aliphatic hydroxyl groups is 2. The number of carbonyl (C=O) groups is 1. The first-order valence-corrected chi connectivity index (χ1v) is 17.6. The fourth-order valence-electron chi connectivity index (χ4n) is 11.7. The number of hydrogen-bond donors (Lipinski definition) is 2. The van der Waals surface area contributed by atoms with Gasteiger partial charge in [0.05, 0.1) is 22.9 Å². The minimum atomic E-state index is -0.860. The summed E-state index contributed by atoms with van der Waals surface area (Å²) in [6, 6.07) is 7.74. The Morgan fingerprint density at radius 2 is 1.59 bits per heavy atom. The van der Waals surface area contributed by atoms with Gasteiger partial charge in [0, 0.05) is 13.0 Å². The fourth-order valence-corrected chi connectivity index (χ4v) is 11.7. The molecule has 5 rings (SSSR count). The van der Waals surface area contributed by atoms with E-state index < -0.39 is 5.60 Å². The second kappa shape index (κ2) is 11.4. The van der Waals surface area contributed by atoms with Gasteiger partial charge in [-0.05, 0) is 143 Å². The average Bonchev–Trinajstić information content (AvgIpc) is 3.32. The molecular formula is C39H62O5. The highest BCUT2D eigenvalue weighted by Gasteiger charge is 2.72. The molecule has 44 heavy (non-hydrogen) atoms. The number of aliphatic hydroxyl groups excluding tert-OH is 1. The van der Waals surface area contributed by atoms with E-state index in [0.717, 1.165) is 63.4 Å². The number of ether oxygens (including phenoxy) is 2. The van der Waals surface area contributed by atoms with Crippen LogP contribution in [0.1, 0.15) is 136 Å². The molecule has 5 nitrogen and oxygen atoms in total. The Hall–Kier alpha value is -1.43. The molecule has 4 aliphatic rings. The highest BCUT2D eigenvalue weighted by molar-refractivity contribution is 5.91. The topological polar surface area (TPSA) is 76.0 Å². The number of carbonyl (C=O) groups excluding carboxylic acids is 1. The summed E-state index contributed by atoms with van der Waals surface area (Å²) in [6.45, 7) is 20.3. The van der Waals surface area contributed by atoms with E-state index in [1.54, 1.807) is 7.11 Å². The van der Waals surface area contributed by atoms with Crippen molar-refractivity contribution in [1.82, 2.24) is 0 Å². The van der Waals surface area contributed by atoms with Gasteiger partial charge in [0.2, 0.25) is 0 Å². The molecule has 0 heterocycles. The summed E-state index contributed by atoms with van der Waals surface area (Å²) in [5.74, 6) is 0.713. The van der Waals surface area contributed by atoms with Crippen LogP contribution >= 0.6 is 0 Å². The molecule has 0 amide bonds. The van der Waals surface area contributed by atoms with Crippen molar-refractivity contribution < 1.29 is 24.5 Å². The van der Waals surface area contributed by atoms with E-state index in [1.165, 1.54) is 0 Å². The molecule has 1 aromatic carbocycles. The Bertz CT molecular complexity index is 1220. The molecule has 2 N–H and O–H groups in total. The quantitative estimate of drug-likeness (QED) is 0.289. The van der Waals surface area contributed by atoms with Gasteiger partial charge < -0.3 is 19.7 Å². The molecule has 10 atom stereocenters. The van der Waals surface area contributed by atoms with E-state index in [1.807, 2.05) is 38.1 Å². The lowest BCUT2D eigenvalue weighted by atomic mass is 9.35. The Balaban J connectivity index is 1.53. The second-order valence-corrected chi connectivity index (χ2v) is 17.7. The van der Waals surface area contributed by atoms with Crippen molar-refractivity contribution in [2.24, 2.45) is 45.3 Å². The zero-order chi connectivity index (χ0) is 32.5. The number of aryl methyl sites for hydroxylation is 1. The van der Waals surface area contributed by atoms with Crippen LogP contribution in [-0.2, 0) is 9.47 Å². The molecule has 5 heteroatoms. The smallest absolute Gasteiger partial charge is 0.338 e. The number of hydrogen-bond acceptors (Lipinski definition) is 5. The first-order chi connectivity index (χ1) is 20.3. The van der Waals surface area contributed by atoms with Crippen LogP contribution in [0, 0.1) is 52.3 Å². The number of methoxy groups -OCH3 is 1. The van der Waals surface area contributed by atoms with Crippen LogP contribution in [0.2, 0.25) is 0 Å². The standard InChI is InChI=1S/C39H62O5/c1-25-14-11-12-15-26(25)33(41)44-28-24-30-36(6)21-18-31(40)35(4,5)29(36)17-23-37(30,7)38(8)22-16-27(32(28)38)39(9,42)20-13-19-34(2,3)43-10/h11-12,14-15,27-32,40,42H,13,16-24H2,1-10H3/t27-,28+,29-,30+,31-,32-,36-,37+,38+,39+/m0/s1. The molecular weight excluding hydrogens is 548 g/mol. The Labute approximate surface area is 267 Å². The van der Waals surface area contributed by atoms with Gasteiger partial charge in [-0.25, -0.2) is 4.79 Å². The Morgan fingerprint density at radius 1 is 0.932 bits per heavy atom. The molecule has 0 aliphatic heterocycles. The summed E-state index contributed by atoms with van der Waals surface area (Å²) in [6.07, 6.45) is 8.86. The molecule has 0 radical (unpaired) electrons. The summed E-state index contributed by atoms with van der Waals surface area (Å²) in [7, 11) is 1.76. The predicted octanol–water partition coefficient (Wildman–Crippen LogP) is 8.52. The van der Waals surface area contributed by atoms with E-state index in [-0.39, 0.29) is 57.3 Å². The van der Waals surface area contributed by atoms with Crippen molar-refractivity contribution >= 4 is 5.97 Å². The zero-order valence-corrected chi connectivity index (χ0v) is 29.5. The lowest BCUT2D eigenvalue weighted by Gasteiger charge is -2.70. The van der Waals surface area contributed by atoms with Crippen LogP contribution in [0.15, 0.2) is 24.3 Å². The number of benzene rings is 1. The third-order valence-electron chi connectivity index (χ3n) is 14.8. The van der Waals surface area contributed by atoms with Crippen molar-refractivity contribution in [3.63, 3.8) is 0 Å². The molecule has 0 aromatic heterocycles. The van der Waals surface area contributed by atoms with E-state index in [4.69, 9.17) is 9.47 Å². The van der Waals surface area contributed by atoms with E-state index in [0.29, 0.717) is 23.8 Å². The van der Waals surface area contributed by atoms with Gasteiger partial charge in [-0.2, -0.15) is 0 Å². The summed E-state index contributed by atoms with van der Waals surface area (Å²) < 4.78 is 12.4. The van der Waals surface area contributed by atoms with Crippen molar-refractivity contribution in [3.8, 4) is 0 Å². The van der Waals surface area contributed by atoms with Crippen molar-refractivity contribution in [1.29, 1.82) is 0 Å². The maximum atomic E-state index is 13.9. The largest absolute Gasteiger partial charge is 0.458 e. The highest BCUT2D eigenvalue weighted by Crippen LogP contribution is 2.76. The molecule has 0 saturated heterocycles. The third-order valence-corrected chi connectivity index (χ3v) is 14.8. The summed E-state index contributed by atoms with van der Waals surface area (Å²) in [5, 5.41) is 23.4. The zero-order valence-electron chi connectivity index (χ0n) is 29.5. The summed E-state index contributed by atoms with van der Waals surface area (Å²) in [5.41, 5.74) is 0.412. The Kier molecular flexibility index (Phi) is 8.77. The summed E-state index contributed by atoms with van der Waals surface area (Å²) in [4.78, 5) is 13.9. The van der Waals surface area contributed by atoms with Crippen LogP contribution in [0.25, 0.3) is 0 Å². The van der Waals surface area contributed by atoms with Gasteiger partial charge in [0.15, 0.2) is 0 Å². The highest BCUT2D eigenvalue weighted by atomic mass is 16.5. The first-order valence-electron chi connectivity index (χ1n) is 17.6. The number of fused-ring (bicyclic) bond motifs is 5. The van der Waals surface area contributed by atoms with E-state index in [2.05, 4.69) is 48.5 Å². The lowest BCUT2D eigenvalue weighted by Crippen LogP contribution is -2.67. The minimum absolute atomic E-state index is 0.0563. The SMILES string of the molecule is COC(C)(C)CCC[C@@](C)(O)[C@H]1CC[C@]2(C)[C@@H]1[C@H](OC(=O)c1ccccc1C)C[C@@H]1[C@@]3(C)CC[C@H](O)C(C)(C)[C@@H]3CC[C@]12C. The lowest BCUT2D eigenvalue weighted by molar-refractivity contribution is -0.246. The van der Waals surface area contributed by atoms with Gasteiger partial charge in [0.1, 0.15) is 6.10 Å². The molecule has 4 saturated carbocycles. The van der Waals surface area contributed by atoms with Crippen LogP contribution in [-0.4, -0.2) is 46.7 Å². The fraction of sp³-hybridized carbons (Fsp3) is 0.821. The van der Waals surface area contributed by atoms with Crippen molar-refractivity contribution in [3.05, 3.63) is 35.4 Å². The number of esters is 1. The van der Waals surface area contributed by atoms with Gasteiger partial charge in [-0.1, -0.05) is 52.8 Å². The predicted molar refractivity (Wildman–Crippen MR) is 176 cm³/mol. The maximum absolute atomic E-state index is 13.9. The van der Waals surface area contributed by atoms with Crippen molar-refractivity contribution in [2.75, 3.05) is 7.11 Å². The summed E-state index contributed by atoms with van der Waals surface area (Å²) >= 11 is 0. The van der Waals surface area contributed by atoms with Crippen LogP contribution in [0.4, 0.5) is 0 Å². The van der Waals surface area contributed by atoms with E-state index >= 15 is 0 Å². The first kappa shape index (κ1) is 33.9. The van der Waals surface area contributed by atoms with Crippen LogP contribution < -0.4 is 0 Å². The second-order valence-electron chi connectivity index (χ2n) is 17.7. The Morgan fingerprint density at radius 3 is 2.25 bits per heavy atom. The molecule has 4 aliphatic carbocycles. The molecule has 248 valence electrons. The average molecular weight is 611 g/mol. The molecule has 0 bridgehead atoms. The van der Waals surface area contributed by atoms with Gasteiger partial charge in [0.25, 0.3) is 0 Å². The number of rotatable bonds is 8. The van der Waals surface area contributed by atoms with Gasteiger partial charge >= 0.3 is 5.97 Å².